The van der Waals surface area contributed by atoms with Crippen LogP contribution < -0.4 is 10.5 Å². The lowest BCUT2D eigenvalue weighted by Crippen LogP contribution is -2.13. The number of nitrogens with two attached hydrogens (primary N) is 1. The van der Waals surface area contributed by atoms with E-state index >= 15 is 0 Å². The molecule has 0 saturated carbocycles. The summed E-state index contributed by atoms with van der Waals surface area (Å²) in [6.07, 6.45) is 0.723. The number of halogens is 1. The minimum Gasteiger partial charge on any atom is -0.496 e. The molecule has 0 radical (unpaired) electrons. The summed E-state index contributed by atoms with van der Waals surface area (Å²) in [6, 6.07) is 7.63. The Kier molecular flexibility index (Phi) is 4.05. The quantitative estimate of drug-likeness (QED) is 0.918. The van der Waals surface area contributed by atoms with Crippen LogP contribution in [0.15, 0.2) is 35.0 Å². The van der Waals surface area contributed by atoms with Crippen LogP contribution in [0, 0.1) is 0 Å². The van der Waals surface area contributed by atoms with Crippen LogP contribution >= 0.6 is 22.9 Å². The van der Waals surface area contributed by atoms with Gasteiger partial charge in [0.15, 0.2) is 0 Å². The van der Waals surface area contributed by atoms with Crippen LogP contribution in [0.4, 0.5) is 0 Å². The third kappa shape index (κ3) is 3.00. The van der Waals surface area contributed by atoms with Crippen LogP contribution in [-0.2, 0) is 6.42 Å². The predicted octanol–water partition coefficient (Wildman–Crippen LogP) is 3.65. The molecule has 0 aliphatic heterocycles. The van der Waals surface area contributed by atoms with Gasteiger partial charge in [-0.25, -0.2) is 0 Å². The largest absolute Gasteiger partial charge is 0.496 e. The van der Waals surface area contributed by atoms with Gasteiger partial charge in [0.1, 0.15) is 5.75 Å². The molecule has 0 aliphatic rings. The van der Waals surface area contributed by atoms with Gasteiger partial charge in [0, 0.05) is 11.1 Å². The Morgan fingerprint density at radius 1 is 1.41 bits per heavy atom. The molecule has 2 nitrogen and oxygen atoms in total. The van der Waals surface area contributed by atoms with Gasteiger partial charge in [-0.2, -0.15) is 11.3 Å². The normalized spacial score (nSPS) is 12.4. The highest BCUT2D eigenvalue weighted by molar-refractivity contribution is 7.07. The number of methoxy groups -OCH3 is 1. The predicted molar refractivity (Wildman–Crippen MR) is 73.0 cm³/mol. The van der Waals surface area contributed by atoms with E-state index in [0.29, 0.717) is 5.02 Å². The minimum absolute atomic E-state index is 0.0198. The van der Waals surface area contributed by atoms with Crippen LogP contribution in [0.1, 0.15) is 17.2 Å². The summed E-state index contributed by atoms with van der Waals surface area (Å²) in [4.78, 5) is 0. The molecule has 0 fully saturated rings. The van der Waals surface area contributed by atoms with Crippen molar-refractivity contribution in [2.24, 2.45) is 5.73 Å². The fraction of sp³-hybridized carbons (Fsp3) is 0.231. The van der Waals surface area contributed by atoms with Crippen molar-refractivity contribution in [3.63, 3.8) is 0 Å². The maximum atomic E-state index is 6.15. The average molecular weight is 268 g/mol. The summed E-state index contributed by atoms with van der Waals surface area (Å²) in [5, 5.41) is 4.81. The van der Waals surface area contributed by atoms with Crippen molar-refractivity contribution in [2.75, 3.05) is 7.11 Å². The van der Waals surface area contributed by atoms with Crippen LogP contribution in [0.3, 0.4) is 0 Å². The van der Waals surface area contributed by atoms with Crippen LogP contribution in [0.25, 0.3) is 0 Å². The molecule has 0 aliphatic carbocycles. The van der Waals surface area contributed by atoms with Crippen molar-refractivity contribution in [3.8, 4) is 5.75 Å². The zero-order valence-electron chi connectivity index (χ0n) is 9.52. The van der Waals surface area contributed by atoms with Crippen molar-refractivity contribution in [2.45, 2.75) is 12.5 Å². The molecule has 4 heteroatoms. The number of hydrogen-bond acceptors (Lipinski definition) is 3. The van der Waals surface area contributed by atoms with Gasteiger partial charge in [-0.05, 0) is 52.6 Å². The minimum atomic E-state index is -0.0198. The zero-order valence-corrected chi connectivity index (χ0v) is 11.1. The van der Waals surface area contributed by atoms with Gasteiger partial charge in [0.2, 0.25) is 0 Å². The van der Waals surface area contributed by atoms with Crippen molar-refractivity contribution in [3.05, 3.63) is 51.2 Å². The summed E-state index contributed by atoms with van der Waals surface area (Å²) >= 11 is 7.64. The summed E-state index contributed by atoms with van der Waals surface area (Å²) in [5.74, 6) is 0.833. The molecule has 0 saturated heterocycles. The van der Waals surface area contributed by atoms with E-state index in [0.717, 1.165) is 23.3 Å². The molecule has 1 unspecified atom stereocenters. The smallest absolute Gasteiger partial charge is 0.122 e. The highest BCUT2D eigenvalue weighted by Gasteiger charge is 2.11. The maximum Gasteiger partial charge on any atom is 0.122 e. The zero-order chi connectivity index (χ0) is 12.3. The molecule has 1 atom stereocenters. The van der Waals surface area contributed by atoms with Crippen LogP contribution in [0.5, 0.6) is 5.75 Å². The summed E-state index contributed by atoms with van der Waals surface area (Å²) in [6.45, 7) is 0. The summed E-state index contributed by atoms with van der Waals surface area (Å²) < 4.78 is 5.31. The average Bonchev–Trinajstić information content (AvgIpc) is 2.83. The number of hydrogen-bond donors (Lipinski definition) is 1. The lowest BCUT2D eigenvalue weighted by atomic mass is 10.0. The molecule has 2 rings (SSSR count). The molecule has 0 bridgehead atoms. The molecule has 1 aromatic heterocycles. The molecule has 1 aromatic carbocycles. The lowest BCUT2D eigenvalue weighted by molar-refractivity contribution is 0.408. The number of thiophene rings is 1. The standard InChI is InChI=1S/C13H14ClNOS/c1-16-13-3-2-11(14)6-10(13)7-12(15)9-4-5-17-8-9/h2-6,8,12H,7,15H2,1H3. The monoisotopic (exact) mass is 267 g/mol. The van der Waals surface area contributed by atoms with Gasteiger partial charge >= 0.3 is 0 Å². The van der Waals surface area contributed by atoms with Gasteiger partial charge in [-0.15, -0.1) is 0 Å². The Morgan fingerprint density at radius 2 is 2.24 bits per heavy atom. The second-order valence-corrected chi connectivity index (χ2v) is 5.04. The highest BCUT2D eigenvalue weighted by atomic mass is 35.5. The van der Waals surface area contributed by atoms with Gasteiger partial charge in [0.25, 0.3) is 0 Å². The molecule has 17 heavy (non-hydrogen) atoms. The fourth-order valence-corrected chi connectivity index (χ4v) is 2.67. The van der Waals surface area contributed by atoms with E-state index in [4.69, 9.17) is 22.1 Å². The second kappa shape index (κ2) is 5.54. The van der Waals surface area contributed by atoms with E-state index in [1.165, 1.54) is 0 Å². The third-order valence-corrected chi connectivity index (χ3v) is 3.59. The Hall–Kier alpha value is -1.03. The van der Waals surface area contributed by atoms with E-state index in [2.05, 4.69) is 5.38 Å². The second-order valence-electron chi connectivity index (χ2n) is 3.82. The molecular formula is C13H14ClNOS. The molecule has 0 amide bonds. The molecule has 2 N–H and O–H groups in total. The van der Waals surface area contributed by atoms with Crippen LogP contribution in [0.2, 0.25) is 5.02 Å². The van der Waals surface area contributed by atoms with Crippen molar-refractivity contribution < 1.29 is 4.74 Å². The van der Waals surface area contributed by atoms with Gasteiger partial charge in [-0.1, -0.05) is 11.6 Å². The fourth-order valence-electron chi connectivity index (χ4n) is 1.75. The van der Waals surface area contributed by atoms with E-state index in [-0.39, 0.29) is 6.04 Å². The highest BCUT2D eigenvalue weighted by Crippen LogP contribution is 2.27. The molecular weight excluding hydrogens is 254 g/mol. The SMILES string of the molecule is COc1ccc(Cl)cc1CC(N)c1ccsc1. The van der Waals surface area contributed by atoms with Crippen molar-refractivity contribution >= 4 is 22.9 Å². The molecule has 0 spiro atoms. The van der Waals surface area contributed by atoms with E-state index in [1.807, 2.05) is 29.6 Å². The van der Waals surface area contributed by atoms with E-state index in [1.54, 1.807) is 18.4 Å². The summed E-state index contributed by atoms with van der Waals surface area (Å²) in [5.41, 5.74) is 8.34. The first-order chi connectivity index (χ1) is 8.20. The molecule has 2 aromatic rings. The van der Waals surface area contributed by atoms with Crippen molar-refractivity contribution in [1.82, 2.24) is 0 Å². The van der Waals surface area contributed by atoms with Gasteiger partial charge in [0.05, 0.1) is 7.11 Å². The Morgan fingerprint density at radius 3 is 2.88 bits per heavy atom. The summed E-state index contributed by atoms with van der Waals surface area (Å²) in [7, 11) is 1.66. The first kappa shape index (κ1) is 12.4. The third-order valence-electron chi connectivity index (χ3n) is 2.65. The molecule has 90 valence electrons. The Balaban J connectivity index is 2.20. The topological polar surface area (TPSA) is 35.2 Å². The van der Waals surface area contributed by atoms with E-state index < -0.39 is 0 Å². The Labute approximate surface area is 110 Å². The maximum absolute atomic E-state index is 6.15. The number of ether oxygens (including phenoxy) is 1. The lowest BCUT2D eigenvalue weighted by Gasteiger charge is -2.13. The number of rotatable bonds is 4. The van der Waals surface area contributed by atoms with E-state index in [9.17, 15) is 0 Å². The van der Waals surface area contributed by atoms with Gasteiger partial charge in [-0.3, -0.25) is 0 Å². The van der Waals surface area contributed by atoms with Crippen molar-refractivity contribution in [1.29, 1.82) is 0 Å². The first-order valence-corrected chi connectivity index (χ1v) is 6.63. The Bertz CT molecular complexity index is 484. The van der Waals surface area contributed by atoms with Gasteiger partial charge < -0.3 is 10.5 Å². The number of benzene rings is 1. The molecule has 1 heterocycles. The van der Waals surface area contributed by atoms with Crippen LogP contribution in [-0.4, -0.2) is 7.11 Å². The first-order valence-electron chi connectivity index (χ1n) is 5.31.